The minimum atomic E-state index is -2.87. The zero-order valence-electron chi connectivity index (χ0n) is 10.0. The molecule has 0 bridgehead atoms. The first-order valence-corrected chi connectivity index (χ1v) is 6.20. The van der Waals surface area contributed by atoms with Crippen molar-refractivity contribution < 1.29 is 18.3 Å². The second kappa shape index (κ2) is 6.01. The zero-order chi connectivity index (χ0) is 13.8. The van der Waals surface area contributed by atoms with Gasteiger partial charge in [-0.15, -0.1) is 5.10 Å². The van der Waals surface area contributed by atoms with Crippen LogP contribution in [0.3, 0.4) is 0 Å². The quantitative estimate of drug-likeness (QED) is 0.842. The van der Waals surface area contributed by atoms with Crippen molar-refractivity contribution in [2.75, 3.05) is 0 Å². The Morgan fingerprint density at radius 3 is 2.79 bits per heavy atom. The molecule has 0 aliphatic carbocycles. The molecule has 4 nitrogen and oxygen atoms in total. The van der Waals surface area contributed by atoms with E-state index in [1.165, 1.54) is 6.07 Å². The minimum absolute atomic E-state index is 0.0836. The number of hydrogen-bond donors (Lipinski definition) is 0. The SMILES string of the molecule is Cn1ccc(OCc2c(Br)cccc2OC(F)F)n1. The van der Waals surface area contributed by atoms with Crippen LogP contribution >= 0.6 is 15.9 Å². The molecule has 7 heteroatoms. The molecular weight excluding hydrogens is 322 g/mol. The number of nitrogens with zero attached hydrogens (tertiary/aromatic N) is 2. The average molecular weight is 333 g/mol. The van der Waals surface area contributed by atoms with Crippen molar-refractivity contribution in [3.05, 3.63) is 40.5 Å². The molecule has 2 rings (SSSR count). The van der Waals surface area contributed by atoms with Crippen molar-refractivity contribution in [3.63, 3.8) is 0 Å². The second-order valence-electron chi connectivity index (χ2n) is 3.71. The molecule has 0 unspecified atom stereocenters. The third-order valence-electron chi connectivity index (χ3n) is 2.35. The van der Waals surface area contributed by atoms with Crippen LogP contribution in [0.4, 0.5) is 8.78 Å². The Labute approximate surface area is 117 Å². The molecule has 1 heterocycles. The standard InChI is InChI=1S/C12H11BrF2N2O2/c1-17-6-5-11(16-17)18-7-8-9(13)3-2-4-10(8)19-12(14)15/h2-6,12H,7H2,1H3. The Morgan fingerprint density at radius 1 is 1.37 bits per heavy atom. The van der Waals surface area contributed by atoms with Crippen LogP contribution < -0.4 is 9.47 Å². The number of halogens is 3. The van der Waals surface area contributed by atoms with Crippen LogP contribution in [0.25, 0.3) is 0 Å². The highest BCUT2D eigenvalue weighted by atomic mass is 79.9. The topological polar surface area (TPSA) is 36.3 Å². The highest BCUT2D eigenvalue weighted by molar-refractivity contribution is 9.10. The summed E-state index contributed by atoms with van der Waals surface area (Å²) < 4.78 is 36.7. The molecule has 0 aliphatic rings. The first kappa shape index (κ1) is 13.8. The van der Waals surface area contributed by atoms with Gasteiger partial charge in [-0.25, -0.2) is 0 Å². The molecule has 0 atom stereocenters. The molecule has 0 radical (unpaired) electrons. The van der Waals surface area contributed by atoms with Gasteiger partial charge in [0.1, 0.15) is 12.4 Å². The number of aromatic nitrogens is 2. The van der Waals surface area contributed by atoms with E-state index in [0.717, 1.165) is 0 Å². The number of ether oxygens (including phenoxy) is 2. The normalized spacial score (nSPS) is 10.8. The summed E-state index contributed by atoms with van der Waals surface area (Å²) in [6.45, 7) is -2.79. The van der Waals surface area contributed by atoms with Gasteiger partial charge in [-0.3, -0.25) is 4.68 Å². The lowest BCUT2D eigenvalue weighted by Gasteiger charge is -2.12. The third kappa shape index (κ3) is 3.66. The fourth-order valence-electron chi connectivity index (χ4n) is 1.50. The van der Waals surface area contributed by atoms with Crippen molar-refractivity contribution in [1.82, 2.24) is 9.78 Å². The average Bonchev–Trinajstić information content (AvgIpc) is 2.73. The van der Waals surface area contributed by atoms with Gasteiger partial charge in [0.05, 0.1) is 0 Å². The number of benzene rings is 1. The van der Waals surface area contributed by atoms with Gasteiger partial charge < -0.3 is 9.47 Å². The van der Waals surface area contributed by atoms with Gasteiger partial charge >= 0.3 is 6.61 Å². The van der Waals surface area contributed by atoms with Crippen LogP contribution in [-0.4, -0.2) is 16.4 Å². The predicted molar refractivity (Wildman–Crippen MR) is 68.3 cm³/mol. The molecule has 0 saturated heterocycles. The molecule has 1 aromatic carbocycles. The maximum atomic E-state index is 12.3. The van der Waals surface area contributed by atoms with E-state index in [9.17, 15) is 8.78 Å². The van der Waals surface area contributed by atoms with E-state index < -0.39 is 6.61 Å². The summed E-state index contributed by atoms with van der Waals surface area (Å²) in [5.41, 5.74) is 0.508. The maximum absolute atomic E-state index is 12.3. The Bertz CT molecular complexity index is 560. The molecular formula is C12H11BrF2N2O2. The van der Waals surface area contributed by atoms with Crippen LogP contribution in [0, 0.1) is 0 Å². The van der Waals surface area contributed by atoms with Crippen LogP contribution in [0.15, 0.2) is 34.9 Å². The molecule has 1 aromatic heterocycles. The predicted octanol–water partition coefficient (Wildman–Crippen LogP) is 3.36. The van der Waals surface area contributed by atoms with Crippen LogP contribution in [-0.2, 0) is 13.7 Å². The van der Waals surface area contributed by atoms with E-state index in [1.807, 2.05) is 0 Å². The highest BCUT2D eigenvalue weighted by Crippen LogP contribution is 2.29. The van der Waals surface area contributed by atoms with Crippen molar-refractivity contribution in [2.45, 2.75) is 13.2 Å². The Morgan fingerprint density at radius 2 is 2.16 bits per heavy atom. The Balaban J connectivity index is 2.14. The summed E-state index contributed by atoms with van der Waals surface area (Å²) in [6.07, 6.45) is 1.73. The summed E-state index contributed by atoms with van der Waals surface area (Å²) in [5, 5.41) is 4.04. The number of hydrogen-bond acceptors (Lipinski definition) is 3. The van der Waals surface area contributed by atoms with E-state index in [1.54, 1.807) is 36.1 Å². The van der Waals surface area contributed by atoms with Gasteiger partial charge in [0.15, 0.2) is 0 Å². The third-order valence-corrected chi connectivity index (χ3v) is 3.09. The molecule has 0 aliphatic heterocycles. The fraction of sp³-hybridized carbons (Fsp3) is 0.250. The van der Waals surface area contributed by atoms with E-state index in [0.29, 0.717) is 15.9 Å². The Kier molecular flexibility index (Phi) is 4.36. The monoisotopic (exact) mass is 332 g/mol. The number of alkyl halides is 2. The van der Waals surface area contributed by atoms with Gasteiger partial charge in [0.25, 0.3) is 0 Å². The van der Waals surface area contributed by atoms with Crippen LogP contribution in [0.2, 0.25) is 0 Å². The fourth-order valence-corrected chi connectivity index (χ4v) is 1.96. The molecule has 0 fully saturated rings. The van der Waals surface area contributed by atoms with E-state index in [2.05, 4.69) is 25.8 Å². The highest BCUT2D eigenvalue weighted by Gasteiger charge is 2.13. The largest absolute Gasteiger partial charge is 0.472 e. The summed E-state index contributed by atoms with van der Waals surface area (Å²) >= 11 is 3.29. The maximum Gasteiger partial charge on any atom is 0.387 e. The van der Waals surface area contributed by atoms with Crippen molar-refractivity contribution in [2.24, 2.45) is 7.05 Å². The Hall–Kier alpha value is -1.63. The first-order valence-electron chi connectivity index (χ1n) is 5.41. The summed E-state index contributed by atoms with van der Waals surface area (Å²) in [6, 6.07) is 6.50. The summed E-state index contributed by atoms with van der Waals surface area (Å²) in [7, 11) is 1.76. The molecule has 102 valence electrons. The minimum Gasteiger partial charge on any atom is -0.472 e. The molecule has 0 N–H and O–H groups in total. The lowest BCUT2D eigenvalue weighted by molar-refractivity contribution is -0.0509. The molecule has 0 saturated carbocycles. The molecule has 0 spiro atoms. The second-order valence-corrected chi connectivity index (χ2v) is 4.57. The van der Waals surface area contributed by atoms with E-state index in [-0.39, 0.29) is 12.4 Å². The zero-order valence-corrected chi connectivity index (χ0v) is 11.6. The summed E-state index contributed by atoms with van der Waals surface area (Å²) in [5.74, 6) is 0.501. The molecule has 0 amide bonds. The van der Waals surface area contributed by atoms with Crippen LogP contribution in [0.1, 0.15) is 5.56 Å². The van der Waals surface area contributed by atoms with Crippen LogP contribution in [0.5, 0.6) is 11.6 Å². The number of rotatable bonds is 5. The smallest absolute Gasteiger partial charge is 0.387 e. The van der Waals surface area contributed by atoms with E-state index in [4.69, 9.17) is 4.74 Å². The first-order chi connectivity index (χ1) is 9.06. The van der Waals surface area contributed by atoms with Gasteiger partial charge in [0.2, 0.25) is 5.88 Å². The molecule has 19 heavy (non-hydrogen) atoms. The van der Waals surface area contributed by atoms with E-state index >= 15 is 0 Å². The summed E-state index contributed by atoms with van der Waals surface area (Å²) in [4.78, 5) is 0. The van der Waals surface area contributed by atoms with Crippen molar-refractivity contribution in [3.8, 4) is 11.6 Å². The van der Waals surface area contributed by atoms with Gasteiger partial charge in [-0.05, 0) is 12.1 Å². The van der Waals surface area contributed by atoms with Crippen molar-refractivity contribution >= 4 is 15.9 Å². The molecule has 2 aromatic rings. The lowest BCUT2D eigenvalue weighted by Crippen LogP contribution is -2.07. The number of aryl methyl sites for hydroxylation is 1. The van der Waals surface area contributed by atoms with Gasteiger partial charge in [0, 0.05) is 29.3 Å². The lowest BCUT2D eigenvalue weighted by atomic mass is 10.2. The van der Waals surface area contributed by atoms with Gasteiger partial charge in [-0.1, -0.05) is 22.0 Å². The van der Waals surface area contributed by atoms with Gasteiger partial charge in [-0.2, -0.15) is 8.78 Å². The van der Waals surface area contributed by atoms with Crippen molar-refractivity contribution in [1.29, 1.82) is 0 Å².